The molecule has 4 aliphatic carbocycles. The van der Waals surface area contributed by atoms with Crippen LogP contribution in [0.4, 0.5) is 0 Å². The molecular weight excluding hydrogens is 416 g/mol. The molecule has 0 unspecified atom stereocenters. The first kappa shape index (κ1) is 24.7. The van der Waals surface area contributed by atoms with Gasteiger partial charge in [-0.2, -0.15) is 0 Å². The monoisotopic (exact) mass is 460 g/mol. The molecule has 0 saturated heterocycles. The molecule has 0 aliphatic heterocycles. The van der Waals surface area contributed by atoms with Crippen molar-refractivity contribution in [1.29, 1.82) is 0 Å². The van der Waals surface area contributed by atoms with E-state index in [1.807, 2.05) is 6.92 Å². The third-order valence-electron chi connectivity index (χ3n) is 10.9. The molecule has 9 atom stereocenters. The number of Topliss-reactive ketones (excluding diaryl/α,β-unsaturated/α-hetero) is 1. The van der Waals surface area contributed by atoms with Crippen LogP contribution in [0.25, 0.3) is 0 Å². The van der Waals surface area contributed by atoms with E-state index in [1.54, 1.807) is 0 Å². The van der Waals surface area contributed by atoms with Crippen LogP contribution in [-0.4, -0.2) is 31.4 Å². The van der Waals surface area contributed by atoms with Gasteiger partial charge >= 0.3 is 11.9 Å². The summed E-state index contributed by atoms with van der Waals surface area (Å²) in [6.07, 6.45) is 9.43. The number of hydrogen-bond acceptors (Lipinski definition) is 5. The minimum atomic E-state index is -0.248. The van der Waals surface area contributed by atoms with Crippen LogP contribution in [0.2, 0.25) is 0 Å². The highest BCUT2D eigenvalue weighted by atomic mass is 16.5. The van der Waals surface area contributed by atoms with Gasteiger partial charge in [-0.1, -0.05) is 20.8 Å². The fraction of sp³-hybridized carbons (Fsp3) is 0.893. The average molecular weight is 461 g/mol. The first-order valence-electron chi connectivity index (χ1n) is 13.4. The van der Waals surface area contributed by atoms with Crippen molar-refractivity contribution in [2.45, 2.75) is 91.9 Å². The Balaban J connectivity index is 1.50. The first-order valence-corrected chi connectivity index (χ1v) is 13.4. The van der Waals surface area contributed by atoms with E-state index in [1.165, 1.54) is 20.0 Å². The lowest BCUT2D eigenvalue weighted by Gasteiger charge is -2.60. The van der Waals surface area contributed by atoms with E-state index in [0.29, 0.717) is 60.7 Å². The van der Waals surface area contributed by atoms with Crippen LogP contribution in [0.3, 0.4) is 0 Å². The van der Waals surface area contributed by atoms with Gasteiger partial charge in [0.05, 0.1) is 19.6 Å². The predicted molar refractivity (Wildman–Crippen MR) is 126 cm³/mol. The Labute approximate surface area is 199 Å². The fourth-order valence-corrected chi connectivity index (χ4v) is 9.03. The van der Waals surface area contributed by atoms with Gasteiger partial charge in [0.25, 0.3) is 0 Å². The molecule has 33 heavy (non-hydrogen) atoms. The minimum absolute atomic E-state index is 0.0199. The molecule has 5 nitrogen and oxygen atoms in total. The van der Waals surface area contributed by atoms with Gasteiger partial charge in [-0.15, -0.1) is 0 Å². The zero-order chi connectivity index (χ0) is 24.0. The highest BCUT2D eigenvalue weighted by molar-refractivity contribution is 5.87. The number of carbonyl (C=O) groups excluding carboxylic acids is 3. The molecule has 4 saturated carbocycles. The maximum Gasteiger partial charge on any atom is 0.308 e. The summed E-state index contributed by atoms with van der Waals surface area (Å²) in [5, 5.41) is 0. The summed E-state index contributed by atoms with van der Waals surface area (Å²) in [4.78, 5) is 38.0. The zero-order valence-electron chi connectivity index (χ0n) is 21.4. The molecule has 186 valence electrons. The molecule has 0 heterocycles. The van der Waals surface area contributed by atoms with Crippen molar-refractivity contribution >= 4 is 17.7 Å². The van der Waals surface area contributed by atoms with Crippen LogP contribution in [0.15, 0.2) is 0 Å². The van der Waals surface area contributed by atoms with Crippen molar-refractivity contribution in [3.05, 3.63) is 0 Å². The van der Waals surface area contributed by atoms with Gasteiger partial charge < -0.3 is 9.47 Å². The largest absolute Gasteiger partial charge is 0.469 e. The van der Waals surface area contributed by atoms with Crippen molar-refractivity contribution in [2.24, 2.45) is 52.3 Å². The van der Waals surface area contributed by atoms with Gasteiger partial charge in [-0.3, -0.25) is 14.4 Å². The second kappa shape index (κ2) is 9.34. The Hall–Kier alpha value is -1.39. The van der Waals surface area contributed by atoms with Crippen molar-refractivity contribution in [1.82, 2.24) is 0 Å². The lowest BCUT2D eigenvalue weighted by Crippen LogP contribution is -2.57. The van der Waals surface area contributed by atoms with Crippen LogP contribution < -0.4 is 0 Å². The summed E-state index contributed by atoms with van der Waals surface area (Å²) >= 11 is 0. The number of esters is 2. The number of fused-ring (bicyclic) bond motifs is 5. The fourth-order valence-electron chi connectivity index (χ4n) is 9.03. The van der Waals surface area contributed by atoms with Crippen LogP contribution in [0.5, 0.6) is 0 Å². The van der Waals surface area contributed by atoms with E-state index in [4.69, 9.17) is 9.47 Å². The Bertz CT molecular complexity index is 776. The number of carbonyl (C=O) groups is 3. The van der Waals surface area contributed by atoms with Gasteiger partial charge in [0, 0.05) is 18.3 Å². The smallest absolute Gasteiger partial charge is 0.308 e. The molecular formula is C28H44O5. The normalized spacial score (nSPS) is 43.1. The molecule has 0 N–H and O–H groups in total. The number of hydrogen-bond donors (Lipinski definition) is 0. The molecule has 0 aromatic carbocycles. The van der Waals surface area contributed by atoms with Crippen molar-refractivity contribution in [3.63, 3.8) is 0 Å². The Morgan fingerprint density at radius 2 is 1.85 bits per heavy atom. The van der Waals surface area contributed by atoms with Gasteiger partial charge in [-0.25, -0.2) is 0 Å². The number of ketones is 1. The highest BCUT2D eigenvalue weighted by Gasteiger charge is 2.64. The zero-order valence-corrected chi connectivity index (χ0v) is 21.4. The number of ether oxygens (including phenoxy) is 2. The third-order valence-corrected chi connectivity index (χ3v) is 10.9. The molecule has 4 aliphatic rings. The summed E-state index contributed by atoms with van der Waals surface area (Å²) in [5.41, 5.74) is -0.0838. The molecule has 5 heteroatoms. The van der Waals surface area contributed by atoms with Gasteiger partial charge in [-0.05, 0) is 99.2 Å². The summed E-state index contributed by atoms with van der Waals surface area (Å²) in [6, 6.07) is 0. The lowest BCUT2D eigenvalue weighted by atomic mass is 9.43. The van der Waals surface area contributed by atoms with E-state index in [0.717, 1.165) is 38.5 Å². The van der Waals surface area contributed by atoms with Crippen LogP contribution >= 0.6 is 0 Å². The van der Waals surface area contributed by atoms with Crippen LogP contribution in [-0.2, 0) is 23.9 Å². The van der Waals surface area contributed by atoms with Crippen LogP contribution in [0, 0.1) is 52.3 Å². The second-order valence-corrected chi connectivity index (χ2v) is 12.1. The highest BCUT2D eigenvalue weighted by Crippen LogP contribution is 2.67. The maximum absolute atomic E-state index is 13.9. The number of rotatable bonds is 6. The van der Waals surface area contributed by atoms with E-state index >= 15 is 0 Å². The van der Waals surface area contributed by atoms with E-state index in [-0.39, 0.29) is 28.7 Å². The van der Waals surface area contributed by atoms with Gasteiger partial charge in [0.1, 0.15) is 5.78 Å². The molecule has 0 aromatic heterocycles. The standard InChI is InChI=1S/C28H44O5/c1-6-33-26(31)18-13-14-27(3)19(15-18)8-9-20-22-11-10-21(17(2)7-12-25(30)32-5)28(22,4)24(29)16-23(20)27/h17-23H,6-16H2,1-5H3/t17-,18-,19+,20-,21+,22-,23-,27-,28+/m0/s1. The molecule has 0 amide bonds. The van der Waals surface area contributed by atoms with E-state index in [2.05, 4.69) is 20.8 Å². The Kier molecular flexibility index (Phi) is 7.00. The quantitative estimate of drug-likeness (QED) is 0.483. The first-order chi connectivity index (χ1) is 15.7. The van der Waals surface area contributed by atoms with Crippen molar-refractivity contribution < 1.29 is 23.9 Å². The van der Waals surface area contributed by atoms with E-state index < -0.39 is 0 Å². The topological polar surface area (TPSA) is 69.7 Å². The molecule has 4 fully saturated rings. The Morgan fingerprint density at radius 3 is 2.55 bits per heavy atom. The average Bonchev–Trinajstić information content (AvgIpc) is 3.16. The van der Waals surface area contributed by atoms with Crippen molar-refractivity contribution in [3.8, 4) is 0 Å². The second-order valence-electron chi connectivity index (χ2n) is 12.1. The third kappa shape index (κ3) is 4.05. The summed E-state index contributed by atoms with van der Waals surface area (Å²) < 4.78 is 10.2. The molecule has 4 rings (SSSR count). The maximum atomic E-state index is 13.9. The predicted octanol–water partition coefficient (Wildman–Crippen LogP) is 5.59. The molecule has 0 bridgehead atoms. The molecule has 0 aromatic rings. The summed E-state index contributed by atoms with van der Waals surface area (Å²) in [7, 11) is 1.45. The van der Waals surface area contributed by atoms with E-state index in [9.17, 15) is 14.4 Å². The molecule has 0 spiro atoms. The van der Waals surface area contributed by atoms with Gasteiger partial charge in [0.2, 0.25) is 0 Å². The summed E-state index contributed by atoms with van der Waals surface area (Å²) in [5.74, 6) is 3.11. The van der Waals surface area contributed by atoms with Crippen LogP contribution in [0.1, 0.15) is 91.9 Å². The molecule has 0 radical (unpaired) electrons. The summed E-state index contributed by atoms with van der Waals surface area (Å²) in [6.45, 7) is 9.25. The SMILES string of the molecule is CCOC(=O)[C@H]1CC[C@@]2(C)[C@H](CC[C@@H]3[C@@H]2CC(=O)[C@]2(C)[C@@H]([C@@H](C)CCC(=O)OC)CC[C@@H]32)C1. The number of methoxy groups -OCH3 is 1. The minimum Gasteiger partial charge on any atom is -0.469 e. The van der Waals surface area contributed by atoms with Crippen molar-refractivity contribution in [2.75, 3.05) is 13.7 Å². The van der Waals surface area contributed by atoms with Gasteiger partial charge in [0.15, 0.2) is 0 Å². The lowest BCUT2D eigenvalue weighted by molar-refractivity contribution is -0.165. The Morgan fingerprint density at radius 1 is 1.09 bits per heavy atom.